The maximum absolute atomic E-state index is 9.27. The zero-order chi connectivity index (χ0) is 10.4. The van der Waals surface area contributed by atoms with Crippen LogP contribution >= 0.6 is 11.8 Å². The molecule has 2 atom stereocenters. The van der Waals surface area contributed by atoms with Gasteiger partial charge in [0.05, 0.1) is 0 Å². The van der Waals surface area contributed by atoms with Gasteiger partial charge in [0, 0.05) is 30.4 Å². The molecule has 3 heteroatoms. The minimum absolute atomic E-state index is 0.0715. The molecule has 0 saturated carbocycles. The maximum Gasteiger partial charge on any atom is 0.0496 e. The van der Waals surface area contributed by atoms with Crippen molar-refractivity contribution in [2.45, 2.75) is 39.2 Å². The van der Waals surface area contributed by atoms with Crippen LogP contribution in [0, 0.1) is 5.41 Å². The highest BCUT2D eigenvalue weighted by Gasteiger charge is 2.22. The monoisotopic (exact) mass is 217 g/mol. The number of nitrogens with one attached hydrogen (secondary N) is 1. The Morgan fingerprint density at radius 1 is 1.57 bits per heavy atom. The van der Waals surface area contributed by atoms with Crippen molar-refractivity contribution >= 4 is 11.8 Å². The van der Waals surface area contributed by atoms with E-state index in [0.717, 1.165) is 13.0 Å². The molecule has 1 heterocycles. The molecule has 0 aromatic carbocycles. The largest absolute Gasteiger partial charge is 0.396 e. The van der Waals surface area contributed by atoms with Crippen LogP contribution in [-0.2, 0) is 0 Å². The molecule has 0 aliphatic carbocycles. The molecule has 1 fully saturated rings. The Hall–Kier alpha value is 0.270. The lowest BCUT2D eigenvalue weighted by molar-refractivity contribution is 0.132. The van der Waals surface area contributed by atoms with Gasteiger partial charge in [0.25, 0.3) is 0 Å². The van der Waals surface area contributed by atoms with Crippen LogP contribution in [0.1, 0.15) is 33.1 Å². The lowest BCUT2D eigenvalue weighted by Crippen LogP contribution is -2.42. The summed E-state index contributed by atoms with van der Waals surface area (Å²) in [5, 5.41) is 12.9. The summed E-state index contributed by atoms with van der Waals surface area (Å²) in [6.07, 6.45) is 3.68. The molecule has 14 heavy (non-hydrogen) atoms. The number of hydrogen-bond donors (Lipinski definition) is 2. The SMILES string of the molecule is CCC(C)(CO)CNC1CCCSC1. The Kier molecular flexibility index (Phi) is 5.28. The number of aliphatic hydroxyl groups is 1. The summed E-state index contributed by atoms with van der Waals surface area (Å²) in [5.41, 5.74) is 0.0715. The molecule has 1 rings (SSSR count). The smallest absolute Gasteiger partial charge is 0.0496 e. The van der Waals surface area contributed by atoms with E-state index in [0.29, 0.717) is 6.04 Å². The summed E-state index contributed by atoms with van der Waals surface area (Å²) in [5.74, 6) is 2.56. The fourth-order valence-corrected chi connectivity index (χ4v) is 2.69. The predicted molar refractivity (Wildman–Crippen MR) is 63.8 cm³/mol. The first-order chi connectivity index (χ1) is 6.70. The van der Waals surface area contributed by atoms with Crippen LogP contribution in [0.25, 0.3) is 0 Å². The van der Waals surface area contributed by atoms with Gasteiger partial charge in [-0.3, -0.25) is 0 Å². The first-order valence-corrected chi connectivity index (χ1v) is 6.77. The van der Waals surface area contributed by atoms with Crippen molar-refractivity contribution in [3.63, 3.8) is 0 Å². The summed E-state index contributed by atoms with van der Waals surface area (Å²) in [7, 11) is 0. The van der Waals surface area contributed by atoms with E-state index >= 15 is 0 Å². The van der Waals surface area contributed by atoms with Gasteiger partial charge in [-0.25, -0.2) is 0 Å². The van der Waals surface area contributed by atoms with Crippen molar-refractivity contribution in [3.8, 4) is 0 Å². The van der Waals surface area contributed by atoms with E-state index in [1.807, 2.05) is 11.8 Å². The van der Waals surface area contributed by atoms with Crippen LogP contribution in [0.4, 0.5) is 0 Å². The summed E-state index contributed by atoms with van der Waals surface area (Å²) in [6, 6.07) is 0.672. The van der Waals surface area contributed by atoms with Crippen molar-refractivity contribution < 1.29 is 5.11 Å². The summed E-state index contributed by atoms with van der Waals surface area (Å²) >= 11 is 2.04. The highest BCUT2D eigenvalue weighted by Crippen LogP contribution is 2.21. The van der Waals surface area contributed by atoms with E-state index in [4.69, 9.17) is 0 Å². The highest BCUT2D eigenvalue weighted by molar-refractivity contribution is 7.99. The minimum atomic E-state index is 0.0715. The van der Waals surface area contributed by atoms with E-state index in [1.165, 1.54) is 24.3 Å². The van der Waals surface area contributed by atoms with Crippen LogP contribution < -0.4 is 5.32 Å². The fraction of sp³-hybridized carbons (Fsp3) is 1.00. The Labute approximate surface area is 91.9 Å². The second-order valence-corrected chi connectivity index (χ2v) is 5.77. The van der Waals surface area contributed by atoms with Gasteiger partial charge in [-0.05, 0) is 25.0 Å². The molecule has 0 radical (unpaired) electrons. The van der Waals surface area contributed by atoms with E-state index < -0.39 is 0 Å². The Balaban J connectivity index is 2.23. The fourth-order valence-electron chi connectivity index (χ4n) is 1.59. The zero-order valence-corrected chi connectivity index (χ0v) is 10.2. The van der Waals surface area contributed by atoms with Crippen LogP contribution in [-0.4, -0.2) is 35.8 Å². The van der Waals surface area contributed by atoms with Gasteiger partial charge in [-0.1, -0.05) is 13.8 Å². The molecule has 1 saturated heterocycles. The van der Waals surface area contributed by atoms with Crippen LogP contribution in [0.5, 0.6) is 0 Å². The Morgan fingerprint density at radius 2 is 2.36 bits per heavy atom. The topological polar surface area (TPSA) is 32.3 Å². The molecule has 0 spiro atoms. The maximum atomic E-state index is 9.27. The molecular formula is C11H23NOS. The van der Waals surface area contributed by atoms with Crippen LogP contribution in [0.15, 0.2) is 0 Å². The third kappa shape index (κ3) is 3.79. The van der Waals surface area contributed by atoms with E-state index in [-0.39, 0.29) is 12.0 Å². The molecular weight excluding hydrogens is 194 g/mol. The van der Waals surface area contributed by atoms with Gasteiger partial charge >= 0.3 is 0 Å². The lowest BCUT2D eigenvalue weighted by atomic mass is 9.88. The van der Waals surface area contributed by atoms with Gasteiger partial charge in [-0.15, -0.1) is 0 Å². The minimum Gasteiger partial charge on any atom is -0.396 e. The average Bonchev–Trinajstić information content (AvgIpc) is 2.27. The molecule has 2 nitrogen and oxygen atoms in total. The molecule has 0 amide bonds. The third-order valence-corrected chi connectivity index (χ3v) is 4.43. The van der Waals surface area contributed by atoms with Gasteiger partial charge in [-0.2, -0.15) is 11.8 Å². The Bertz CT molecular complexity index is 153. The number of aliphatic hydroxyl groups excluding tert-OH is 1. The summed E-state index contributed by atoms with van der Waals surface area (Å²) in [6.45, 7) is 5.53. The van der Waals surface area contributed by atoms with Crippen molar-refractivity contribution in [2.75, 3.05) is 24.7 Å². The van der Waals surface area contributed by atoms with Gasteiger partial charge in [0.1, 0.15) is 0 Å². The lowest BCUT2D eigenvalue weighted by Gasteiger charge is -2.30. The molecule has 1 aliphatic heterocycles. The first-order valence-electron chi connectivity index (χ1n) is 5.62. The van der Waals surface area contributed by atoms with E-state index in [2.05, 4.69) is 19.2 Å². The van der Waals surface area contributed by atoms with Crippen LogP contribution in [0.2, 0.25) is 0 Å². The standard InChI is InChI=1S/C11H23NOS/c1-3-11(2,9-13)8-12-10-5-4-6-14-7-10/h10,12-13H,3-9H2,1-2H3. The number of thioether (sulfide) groups is 1. The molecule has 0 bridgehead atoms. The second-order valence-electron chi connectivity index (χ2n) is 4.62. The normalized spacial score (nSPS) is 27.2. The number of rotatable bonds is 5. The van der Waals surface area contributed by atoms with E-state index in [1.54, 1.807) is 0 Å². The molecule has 1 aliphatic rings. The van der Waals surface area contributed by atoms with Crippen LogP contribution in [0.3, 0.4) is 0 Å². The first kappa shape index (κ1) is 12.3. The predicted octanol–water partition coefficient (Wildman–Crippen LogP) is 1.88. The number of hydrogen-bond acceptors (Lipinski definition) is 3. The van der Waals surface area contributed by atoms with Crippen molar-refractivity contribution in [2.24, 2.45) is 5.41 Å². The van der Waals surface area contributed by atoms with Gasteiger partial charge < -0.3 is 10.4 Å². The van der Waals surface area contributed by atoms with Crippen molar-refractivity contribution in [1.29, 1.82) is 0 Å². The third-order valence-electron chi connectivity index (χ3n) is 3.21. The second kappa shape index (κ2) is 5.99. The zero-order valence-electron chi connectivity index (χ0n) is 9.38. The van der Waals surface area contributed by atoms with Gasteiger partial charge in [0.15, 0.2) is 0 Å². The summed E-state index contributed by atoms with van der Waals surface area (Å²) < 4.78 is 0. The van der Waals surface area contributed by atoms with Crippen molar-refractivity contribution in [1.82, 2.24) is 5.32 Å². The molecule has 0 aromatic rings. The molecule has 84 valence electrons. The quantitative estimate of drug-likeness (QED) is 0.737. The Morgan fingerprint density at radius 3 is 2.86 bits per heavy atom. The summed E-state index contributed by atoms with van der Waals surface area (Å²) in [4.78, 5) is 0. The average molecular weight is 217 g/mol. The van der Waals surface area contributed by atoms with Crippen molar-refractivity contribution in [3.05, 3.63) is 0 Å². The molecule has 0 aromatic heterocycles. The van der Waals surface area contributed by atoms with E-state index in [9.17, 15) is 5.11 Å². The van der Waals surface area contributed by atoms with Gasteiger partial charge in [0.2, 0.25) is 0 Å². The molecule has 2 N–H and O–H groups in total. The highest BCUT2D eigenvalue weighted by atomic mass is 32.2. The molecule has 2 unspecified atom stereocenters.